The fourth-order valence-corrected chi connectivity index (χ4v) is 1.70. The molecule has 0 fully saturated rings. The first-order valence-electron chi connectivity index (χ1n) is 4.32. The third-order valence-electron chi connectivity index (χ3n) is 1.38. The van der Waals surface area contributed by atoms with Crippen LogP contribution in [-0.2, 0) is 0 Å². The molecule has 0 spiro atoms. The van der Waals surface area contributed by atoms with E-state index >= 15 is 0 Å². The smallest absolute Gasteiger partial charge is 0.236 e. The molecule has 2 nitrogen and oxygen atoms in total. The zero-order valence-electron chi connectivity index (χ0n) is 8.07. The van der Waals surface area contributed by atoms with Crippen LogP contribution in [0.25, 0.3) is 10.8 Å². The van der Waals surface area contributed by atoms with Crippen molar-refractivity contribution in [1.29, 1.82) is 0 Å². The number of aromatic nitrogens is 1. The summed E-state index contributed by atoms with van der Waals surface area (Å²) in [5.74, 6) is 0.711. The van der Waals surface area contributed by atoms with Gasteiger partial charge in [-0.3, -0.25) is 0 Å². The van der Waals surface area contributed by atoms with E-state index in [0.717, 1.165) is 4.88 Å². The van der Waals surface area contributed by atoms with Crippen LogP contribution in [0.15, 0.2) is 29.0 Å². The summed E-state index contributed by atoms with van der Waals surface area (Å²) in [6.45, 7) is 6.07. The van der Waals surface area contributed by atoms with Crippen molar-refractivity contribution in [2.45, 2.75) is 20.8 Å². The molecule has 0 aromatic carbocycles. The fraction of sp³-hybridized carbons (Fsp3) is 0.300. The van der Waals surface area contributed by atoms with Crippen molar-refractivity contribution in [2.24, 2.45) is 0 Å². The Bertz CT molecular complexity index is 337. The largest absolute Gasteiger partial charge is 0.444 e. The van der Waals surface area contributed by atoms with Gasteiger partial charge < -0.3 is 4.42 Å². The highest BCUT2D eigenvalue weighted by Gasteiger charge is 2.03. The summed E-state index contributed by atoms with van der Waals surface area (Å²) in [5, 5.41) is 0. The Hall–Kier alpha value is -1.09. The predicted octanol–water partition coefficient (Wildman–Crippen LogP) is 3.74. The lowest BCUT2D eigenvalue weighted by atomic mass is 10.4. The Morgan fingerprint density at radius 1 is 1.31 bits per heavy atom. The summed E-state index contributed by atoms with van der Waals surface area (Å²) in [4.78, 5) is 6.41. The van der Waals surface area contributed by atoms with Crippen molar-refractivity contribution in [3.8, 4) is 10.8 Å². The molecule has 2 aromatic rings. The molecule has 0 atom stereocenters. The van der Waals surface area contributed by atoms with Gasteiger partial charge in [0.2, 0.25) is 5.89 Å². The summed E-state index contributed by atoms with van der Waals surface area (Å²) < 4.78 is 5.13. The molecule has 2 rings (SSSR count). The average molecular weight is 195 g/mol. The number of thiophene rings is 1. The van der Waals surface area contributed by atoms with Gasteiger partial charge in [0.15, 0.2) is 0 Å². The Labute approximate surface area is 82.2 Å². The van der Waals surface area contributed by atoms with Gasteiger partial charge in [0.1, 0.15) is 6.26 Å². The Morgan fingerprint density at radius 2 is 2.08 bits per heavy atom. The Morgan fingerprint density at radius 3 is 2.54 bits per heavy atom. The van der Waals surface area contributed by atoms with E-state index in [2.05, 4.69) is 18.0 Å². The summed E-state index contributed by atoms with van der Waals surface area (Å²) in [7, 11) is 0. The van der Waals surface area contributed by atoms with E-state index in [1.54, 1.807) is 23.8 Å². The van der Waals surface area contributed by atoms with E-state index in [0.29, 0.717) is 5.89 Å². The molecule has 70 valence electrons. The van der Waals surface area contributed by atoms with E-state index < -0.39 is 0 Å². The molecule has 0 amide bonds. The number of hydrogen-bond donors (Lipinski definition) is 0. The van der Waals surface area contributed by atoms with Gasteiger partial charge in [-0.15, -0.1) is 11.3 Å². The van der Waals surface area contributed by atoms with Crippen molar-refractivity contribution in [3.05, 3.63) is 29.5 Å². The number of rotatable bonds is 1. The highest BCUT2D eigenvalue weighted by molar-refractivity contribution is 7.15. The van der Waals surface area contributed by atoms with Crippen LogP contribution in [0.3, 0.4) is 0 Å². The zero-order chi connectivity index (χ0) is 9.68. The minimum atomic E-state index is 0.711. The van der Waals surface area contributed by atoms with E-state index in [4.69, 9.17) is 4.42 Å². The third kappa shape index (κ3) is 2.42. The summed E-state index contributed by atoms with van der Waals surface area (Å²) in [5.41, 5.74) is 0. The van der Waals surface area contributed by atoms with Gasteiger partial charge in [0.05, 0.1) is 11.1 Å². The number of nitrogens with zero attached hydrogens (tertiary/aromatic N) is 1. The van der Waals surface area contributed by atoms with Crippen molar-refractivity contribution in [3.63, 3.8) is 0 Å². The number of oxazole rings is 1. The molecule has 0 unspecified atom stereocenters. The van der Waals surface area contributed by atoms with Gasteiger partial charge in [0, 0.05) is 4.88 Å². The first-order valence-corrected chi connectivity index (χ1v) is 5.14. The molecule has 0 aliphatic rings. The van der Waals surface area contributed by atoms with Crippen LogP contribution in [0.2, 0.25) is 0 Å². The zero-order valence-corrected chi connectivity index (χ0v) is 8.89. The van der Waals surface area contributed by atoms with Gasteiger partial charge in [0.25, 0.3) is 0 Å². The minimum Gasteiger partial charge on any atom is -0.444 e. The molecule has 0 saturated carbocycles. The lowest BCUT2D eigenvalue weighted by molar-refractivity contribution is 0.576. The molecule has 0 aliphatic heterocycles. The number of hydrogen-bond acceptors (Lipinski definition) is 3. The van der Waals surface area contributed by atoms with Crippen LogP contribution in [-0.4, -0.2) is 4.98 Å². The monoisotopic (exact) mass is 195 g/mol. The SMILES string of the molecule is CC.Cc1ccc(-c2ncco2)s1. The van der Waals surface area contributed by atoms with Crippen molar-refractivity contribution in [2.75, 3.05) is 0 Å². The molecule has 0 saturated heterocycles. The molecule has 0 bridgehead atoms. The molecule has 13 heavy (non-hydrogen) atoms. The molecule has 2 heterocycles. The molecular formula is C10H13NOS. The van der Waals surface area contributed by atoms with Crippen molar-refractivity contribution in [1.82, 2.24) is 4.98 Å². The van der Waals surface area contributed by atoms with Gasteiger partial charge in [-0.1, -0.05) is 13.8 Å². The highest BCUT2D eigenvalue weighted by atomic mass is 32.1. The topological polar surface area (TPSA) is 26.0 Å². The normalized spacial score (nSPS) is 9.15. The second-order valence-corrected chi connectivity index (χ2v) is 3.54. The van der Waals surface area contributed by atoms with Crippen molar-refractivity contribution >= 4 is 11.3 Å². The summed E-state index contributed by atoms with van der Waals surface area (Å²) in [6, 6.07) is 4.08. The van der Waals surface area contributed by atoms with Crippen LogP contribution in [0, 0.1) is 6.92 Å². The lowest BCUT2D eigenvalue weighted by Crippen LogP contribution is -1.65. The van der Waals surface area contributed by atoms with E-state index in [1.165, 1.54) is 4.88 Å². The molecule has 0 radical (unpaired) electrons. The van der Waals surface area contributed by atoms with Crippen LogP contribution < -0.4 is 0 Å². The van der Waals surface area contributed by atoms with Crippen molar-refractivity contribution < 1.29 is 4.42 Å². The lowest BCUT2D eigenvalue weighted by Gasteiger charge is -1.84. The highest BCUT2D eigenvalue weighted by Crippen LogP contribution is 2.25. The second-order valence-electron chi connectivity index (χ2n) is 2.25. The van der Waals surface area contributed by atoms with Gasteiger partial charge in [-0.25, -0.2) is 4.98 Å². The standard InChI is InChI=1S/C8H7NOS.C2H6/c1-6-2-3-7(11-6)8-9-4-5-10-8;1-2/h2-5H,1H3;1-2H3. The maximum atomic E-state index is 5.13. The average Bonchev–Trinajstić information content (AvgIpc) is 2.77. The molecule has 0 aliphatic carbocycles. The molecular weight excluding hydrogens is 182 g/mol. The van der Waals surface area contributed by atoms with E-state index in [9.17, 15) is 0 Å². The first-order chi connectivity index (χ1) is 6.36. The Kier molecular flexibility index (Phi) is 3.71. The number of aryl methyl sites for hydroxylation is 1. The predicted molar refractivity (Wildman–Crippen MR) is 55.9 cm³/mol. The summed E-state index contributed by atoms with van der Waals surface area (Å²) >= 11 is 1.69. The molecule has 3 heteroatoms. The first kappa shape index (κ1) is 9.99. The fourth-order valence-electron chi connectivity index (χ4n) is 0.895. The van der Waals surface area contributed by atoms with E-state index in [1.807, 2.05) is 19.9 Å². The van der Waals surface area contributed by atoms with Crippen LogP contribution >= 0.6 is 11.3 Å². The molecule has 0 N–H and O–H groups in total. The maximum Gasteiger partial charge on any atom is 0.236 e. The van der Waals surface area contributed by atoms with Gasteiger partial charge in [-0.2, -0.15) is 0 Å². The molecule has 2 aromatic heterocycles. The van der Waals surface area contributed by atoms with Crippen LogP contribution in [0.4, 0.5) is 0 Å². The van der Waals surface area contributed by atoms with E-state index in [-0.39, 0.29) is 0 Å². The van der Waals surface area contributed by atoms with Gasteiger partial charge >= 0.3 is 0 Å². The second kappa shape index (κ2) is 4.82. The minimum absolute atomic E-state index is 0.711. The van der Waals surface area contributed by atoms with Crippen LogP contribution in [0.5, 0.6) is 0 Å². The third-order valence-corrected chi connectivity index (χ3v) is 2.37. The summed E-state index contributed by atoms with van der Waals surface area (Å²) in [6.07, 6.45) is 3.24. The Balaban J connectivity index is 0.000000396. The quantitative estimate of drug-likeness (QED) is 0.692. The van der Waals surface area contributed by atoms with Crippen LogP contribution in [0.1, 0.15) is 18.7 Å². The van der Waals surface area contributed by atoms with Gasteiger partial charge in [-0.05, 0) is 19.1 Å². The maximum absolute atomic E-state index is 5.13.